The molecule has 0 bridgehead atoms. The van der Waals surface area contributed by atoms with Gasteiger partial charge in [-0.3, -0.25) is 0 Å². The number of rotatable bonds is 4. The monoisotopic (exact) mass is 270 g/mol. The zero-order chi connectivity index (χ0) is 14.6. The fourth-order valence-electron chi connectivity index (χ4n) is 2.46. The second kappa shape index (κ2) is 5.88. The summed E-state index contributed by atoms with van der Waals surface area (Å²) in [6.45, 7) is 1.49. The van der Waals surface area contributed by atoms with Crippen LogP contribution in [0.25, 0.3) is 0 Å². The minimum atomic E-state index is -1.63. The molecule has 2 rings (SSSR count). The van der Waals surface area contributed by atoms with E-state index < -0.39 is 17.5 Å². The van der Waals surface area contributed by atoms with Crippen molar-refractivity contribution in [2.75, 3.05) is 7.11 Å². The van der Waals surface area contributed by atoms with Crippen molar-refractivity contribution >= 4 is 5.97 Å². The number of aliphatic hydroxyl groups is 1. The molecule has 0 aromatic heterocycles. The Balaban J connectivity index is 2.54. The zero-order valence-corrected chi connectivity index (χ0v) is 11.6. The molecule has 2 aromatic rings. The molecule has 20 heavy (non-hydrogen) atoms. The minimum Gasteiger partial charge on any atom is -0.467 e. The molecule has 3 nitrogen and oxygen atoms in total. The van der Waals surface area contributed by atoms with Gasteiger partial charge in [-0.1, -0.05) is 60.7 Å². The van der Waals surface area contributed by atoms with Crippen LogP contribution in [0, 0.1) is 0 Å². The SMILES string of the molecule is COC(=O)C(C)(O)C(c1ccccc1)c1ccccc1. The Morgan fingerprint density at radius 1 is 1.00 bits per heavy atom. The molecule has 0 saturated carbocycles. The summed E-state index contributed by atoms with van der Waals surface area (Å²) in [5.41, 5.74) is 0.112. The van der Waals surface area contributed by atoms with E-state index in [1.54, 1.807) is 0 Å². The maximum absolute atomic E-state index is 11.9. The van der Waals surface area contributed by atoms with Crippen LogP contribution in [0.3, 0.4) is 0 Å². The van der Waals surface area contributed by atoms with Gasteiger partial charge in [0, 0.05) is 5.92 Å². The van der Waals surface area contributed by atoms with E-state index in [9.17, 15) is 9.90 Å². The number of carbonyl (C=O) groups excluding carboxylic acids is 1. The lowest BCUT2D eigenvalue weighted by Gasteiger charge is -2.31. The molecule has 0 saturated heterocycles. The molecule has 0 amide bonds. The summed E-state index contributed by atoms with van der Waals surface area (Å²) in [6, 6.07) is 18.9. The molecule has 0 aliphatic heterocycles. The van der Waals surface area contributed by atoms with Crippen LogP contribution in [0.15, 0.2) is 60.7 Å². The summed E-state index contributed by atoms with van der Waals surface area (Å²) in [5, 5.41) is 10.7. The molecular weight excluding hydrogens is 252 g/mol. The van der Waals surface area contributed by atoms with Crippen LogP contribution in [0.1, 0.15) is 24.0 Å². The maximum atomic E-state index is 11.9. The van der Waals surface area contributed by atoms with Crippen molar-refractivity contribution in [1.29, 1.82) is 0 Å². The molecule has 0 radical (unpaired) electrons. The van der Waals surface area contributed by atoms with Gasteiger partial charge in [0.05, 0.1) is 7.11 Å². The molecule has 0 aliphatic carbocycles. The normalized spacial score (nSPS) is 13.8. The third kappa shape index (κ3) is 2.73. The van der Waals surface area contributed by atoms with Crippen molar-refractivity contribution < 1.29 is 14.6 Å². The fourth-order valence-corrected chi connectivity index (χ4v) is 2.46. The van der Waals surface area contributed by atoms with E-state index in [1.807, 2.05) is 60.7 Å². The highest BCUT2D eigenvalue weighted by atomic mass is 16.5. The van der Waals surface area contributed by atoms with E-state index in [4.69, 9.17) is 4.74 Å². The van der Waals surface area contributed by atoms with E-state index in [2.05, 4.69) is 0 Å². The zero-order valence-electron chi connectivity index (χ0n) is 11.6. The van der Waals surface area contributed by atoms with Crippen molar-refractivity contribution in [2.45, 2.75) is 18.4 Å². The van der Waals surface area contributed by atoms with Crippen LogP contribution in [0.2, 0.25) is 0 Å². The first-order valence-electron chi connectivity index (χ1n) is 6.48. The molecular formula is C17H18O3. The summed E-state index contributed by atoms with van der Waals surface area (Å²) in [7, 11) is 1.28. The van der Waals surface area contributed by atoms with Gasteiger partial charge in [0.1, 0.15) is 0 Å². The first-order chi connectivity index (χ1) is 9.57. The lowest BCUT2D eigenvalue weighted by Crippen LogP contribution is -2.43. The quantitative estimate of drug-likeness (QED) is 0.869. The number of hydrogen-bond donors (Lipinski definition) is 1. The molecule has 104 valence electrons. The van der Waals surface area contributed by atoms with E-state index in [-0.39, 0.29) is 0 Å². The fraction of sp³-hybridized carbons (Fsp3) is 0.235. The summed E-state index contributed by atoms with van der Waals surface area (Å²) in [6.07, 6.45) is 0. The molecule has 1 N–H and O–H groups in total. The number of hydrogen-bond acceptors (Lipinski definition) is 3. The third-order valence-electron chi connectivity index (χ3n) is 3.43. The van der Waals surface area contributed by atoms with E-state index in [1.165, 1.54) is 14.0 Å². The van der Waals surface area contributed by atoms with Crippen LogP contribution >= 0.6 is 0 Å². The van der Waals surface area contributed by atoms with E-state index in [0.717, 1.165) is 11.1 Å². The van der Waals surface area contributed by atoms with Gasteiger partial charge in [-0.2, -0.15) is 0 Å². The topological polar surface area (TPSA) is 46.5 Å². The van der Waals surface area contributed by atoms with Gasteiger partial charge in [0.15, 0.2) is 5.60 Å². The van der Waals surface area contributed by atoms with Crippen molar-refractivity contribution in [3.05, 3.63) is 71.8 Å². The smallest absolute Gasteiger partial charge is 0.338 e. The third-order valence-corrected chi connectivity index (χ3v) is 3.43. The largest absolute Gasteiger partial charge is 0.467 e. The number of benzene rings is 2. The Morgan fingerprint density at radius 3 is 1.75 bits per heavy atom. The van der Waals surface area contributed by atoms with Crippen LogP contribution in [-0.2, 0) is 9.53 Å². The van der Waals surface area contributed by atoms with Crippen LogP contribution in [-0.4, -0.2) is 23.8 Å². The molecule has 1 unspecified atom stereocenters. The van der Waals surface area contributed by atoms with Gasteiger partial charge in [0.2, 0.25) is 0 Å². The van der Waals surface area contributed by atoms with E-state index >= 15 is 0 Å². The van der Waals surface area contributed by atoms with Gasteiger partial charge < -0.3 is 9.84 Å². The predicted molar refractivity (Wildman–Crippen MR) is 77.4 cm³/mol. The molecule has 1 atom stereocenters. The Bertz CT molecular complexity index is 522. The lowest BCUT2D eigenvalue weighted by molar-refractivity contribution is -0.161. The van der Waals surface area contributed by atoms with Crippen molar-refractivity contribution in [1.82, 2.24) is 0 Å². The molecule has 0 fully saturated rings. The van der Waals surface area contributed by atoms with Crippen LogP contribution in [0.4, 0.5) is 0 Å². The summed E-state index contributed by atoms with van der Waals surface area (Å²) in [5.74, 6) is -1.12. The molecule has 0 aliphatic rings. The van der Waals surface area contributed by atoms with Gasteiger partial charge in [-0.15, -0.1) is 0 Å². The first-order valence-corrected chi connectivity index (χ1v) is 6.48. The molecule has 2 aromatic carbocycles. The lowest BCUT2D eigenvalue weighted by atomic mass is 9.78. The summed E-state index contributed by atoms with van der Waals surface area (Å²) < 4.78 is 4.75. The van der Waals surface area contributed by atoms with Gasteiger partial charge in [-0.05, 0) is 18.1 Å². The Labute approximate surface area is 118 Å². The first kappa shape index (κ1) is 14.3. The number of carbonyl (C=O) groups is 1. The molecule has 3 heteroatoms. The predicted octanol–water partition coefficient (Wildman–Crippen LogP) is 2.74. The highest BCUT2D eigenvalue weighted by Crippen LogP contribution is 2.35. The minimum absolute atomic E-state index is 0.475. The highest BCUT2D eigenvalue weighted by Gasteiger charge is 2.42. The van der Waals surface area contributed by atoms with Gasteiger partial charge >= 0.3 is 5.97 Å². The second-order valence-corrected chi connectivity index (χ2v) is 4.89. The Morgan fingerprint density at radius 2 is 1.40 bits per heavy atom. The average Bonchev–Trinajstić information content (AvgIpc) is 2.48. The maximum Gasteiger partial charge on any atom is 0.338 e. The van der Waals surface area contributed by atoms with Gasteiger partial charge in [0.25, 0.3) is 0 Å². The number of esters is 1. The average molecular weight is 270 g/mol. The molecule has 0 heterocycles. The number of methoxy groups -OCH3 is 1. The highest BCUT2D eigenvalue weighted by molar-refractivity contribution is 5.81. The van der Waals surface area contributed by atoms with Gasteiger partial charge in [-0.25, -0.2) is 4.79 Å². The Kier molecular flexibility index (Phi) is 4.20. The van der Waals surface area contributed by atoms with Crippen LogP contribution < -0.4 is 0 Å². The summed E-state index contributed by atoms with van der Waals surface area (Å²) >= 11 is 0. The Hall–Kier alpha value is -2.13. The van der Waals surface area contributed by atoms with E-state index in [0.29, 0.717) is 0 Å². The van der Waals surface area contributed by atoms with Crippen molar-refractivity contribution in [2.24, 2.45) is 0 Å². The molecule has 0 spiro atoms. The van der Waals surface area contributed by atoms with Crippen LogP contribution in [0.5, 0.6) is 0 Å². The number of ether oxygens (including phenoxy) is 1. The van der Waals surface area contributed by atoms with Crippen molar-refractivity contribution in [3.8, 4) is 0 Å². The standard InChI is InChI=1S/C17H18O3/c1-17(19,16(18)20-2)15(13-9-5-3-6-10-13)14-11-7-4-8-12-14/h3-12,15,19H,1-2H3. The van der Waals surface area contributed by atoms with Crippen molar-refractivity contribution in [3.63, 3.8) is 0 Å². The summed E-state index contributed by atoms with van der Waals surface area (Å²) in [4.78, 5) is 11.9. The second-order valence-electron chi connectivity index (χ2n) is 4.89.